The topological polar surface area (TPSA) is 38.8 Å². The van der Waals surface area contributed by atoms with E-state index in [9.17, 15) is 13.6 Å². The fourth-order valence-corrected chi connectivity index (χ4v) is 1.78. The molecule has 0 radical (unpaired) electrons. The molecule has 18 heavy (non-hydrogen) atoms. The minimum atomic E-state index is -2.94. The van der Waals surface area contributed by atoms with Crippen LogP contribution in [0.5, 0.6) is 5.75 Å². The number of halogens is 2. The molecule has 6 heteroatoms. The summed E-state index contributed by atoms with van der Waals surface area (Å²) >= 11 is 0. The van der Waals surface area contributed by atoms with Gasteiger partial charge >= 0.3 is 6.61 Å². The zero-order valence-electron chi connectivity index (χ0n) is 9.64. The van der Waals surface area contributed by atoms with Crippen LogP contribution in [0.3, 0.4) is 0 Å². The largest absolute Gasteiger partial charge is 0.434 e. The SMILES string of the molecule is O=C(c1ccccc1OC(F)F)N1CCOCC1. The van der Waals surface area contributed by atoms with E-state index < -0.39 is 6.61 Å². The summed E-state index contributed by atoms with van der Waals surface area (Å²) in [5, 5.41) is 0. The van der Waals surface area contributed by atoms with Gasteiger partial charge in [0.25, 0.3) is 5.91 Å². The summed E-state index contributed by atoms with van der Waals surface area (Å²) < 4.78 is 34.0. The monoisotopic (exact) mass is 257 g/mol. The Morgan fingerprint density at radius 1 is 1.28 bits per heavy atom. The smallest absolute Gasteiger partial charge is 0.387 e. The number of hydrogen-bond acceptors (Lipinski definition) is 3. The van der Waals surface area contributed by atoms with E-state index in [-0.39, 0.29) is 17.2 Å². The maximum Gasteiger partial charge on any atom is 0.387 e. The van der Waals surface area contributed by atoms with Gasteiger partial charge in [0.2, 0.25) is 0 Å². The van der Waals surface area contributed by atoms with Crippen LogP contribution in [0.4, 0.5) is 8.78 Å². The number of nitrogens with zero attached hydrogens (tertiary/aromatic N) is 1. The van der Waals surface area contributed by atoms with Crippen molar-refractivity contribution in [2.75, 3.05) is 26.3 Å². The second-order valence-corrected chi connectivity index (χ2v) is 3.78. The van der Waals surface area contributed by atoms with Crippen LogP contribution in [0.1, 0.15) is 10.4 Å². The highest BCUT2D eigenvalue weighted by Gasteiger charge is 2.22. The van der Waals surface area contributed by atoms with Gasteiger partial charge in [0.1, 0.15) is 5.75 Å². The van der Waals surface area contributed by atoms with Gasteiger partial charge < -0.3 is 14.4 Å². The summed E-state index contributed by atoms with van der Waals surface area (Å²) in [5.74, 6) is -0.404. The van der Waals surface area contributed by atoms with Crippen molar-refractivity contribution in [1.29, 1.82) is 0 Å². The Morgan fingerprint density at radius 2 is 1.94 bits per heavy atom. The van der Waals surface area contributed by atoms with Crippen molar-refractivity contribution in [1.82, 2.24) is 4.90 Å². The average molecular weight is 257 g/mol. The molecule has 0 unspecified atom stereocenters. The highest BCUT2D eigenvalue weighted by Crippen LogP contribution is 2.22. The van der Waals surface area contributed by atoms with E-state index in [0.29, 0.717) is 26.3 Å². The van der Waals surface area contributed by atoms with E-state index in [4.69, 9.17) is 4.74 Å². The van der Waals surface area contributed by atoms with E-state index >= 15 is 0 Å². The van der Waals surface area contributed by atoms with Crippen molar-refractivity contribution in [3.63, 3.8) is 0 Å². The van der Waals surface area contributed by atoms with Crippen molar-refractivity contribution in [3.8, 4) is 5.75 Å². The molecule has 0 spiro atoms. The van der Waals surface area contributed by atoms with Gasteiger partial charge in [-0.1, -0.05) is 12.1 Å². The molecule has 1 aromatic rings. The van der Waals surface area contributed by atoms with Crippen LogP contribution < -0.4 is 4.74 Å². The maximum absolute atomic E-state index is 12.2. The standard InChI is InChI=1S/C12H13F2NO3/c13-12(14)18-10-4-2-1-3-9(10)11(16)15-5-7-17-8-6-15/h1-4,12H,5-8H2. The van der Waals surface area contributed by atoms with Crippen molar-refractivity contribution < 1.29 is 23.0 Å². The molecular formula is C12H13F2NO3. The number of benzene rings is 1. The number of ether oxygens (including phenoxy) is 2. The molecule has 1 fully saturated rings. The summed E-state index contributed by atoms with van der Waals surface area (Å²) in [6, 6.07) is 6.01. The third-order valence-corrected chi connectivity index (χ3v) is 2.63. The molecule has 0 N–H and O–H groups in total. The first kappa shape index (κ1) is 12.8. The third kappa shape index (κ3) is 2.95. The molecule has 1 amide bonds. The van der Waals surface area contributed by atoms with E-state index in [1.54, 1.807) is 17.0 Å². The average Bonchev–Trinajstić information content (AvgIpc) is 2.39. The van der Waals surface area contributed by atoms with Gasteiger partial charge in [0.15, 0.2) is 0 Å². The summed E-state index contributed by atoms with van der Waals surface area (Å²) in [6.45, 7) is -1.10. The van der Waals surface area contributed by atoms with Crippen LogP contribution >= 0.6 is 0 Å². The Bertz CT molecular complexity index is 420. The van der Waals surface area contributed by atoms with E-state index in [1.165, 1.54) is 12.1 Å². The van der Waals surface area contributed by atoms with Crippen LogP contribution in [-0.2, 0) is 4.74 Å². The lowest BCUT2D eigenvalue weighted by molar-refractivity contribution is -0.0504. The molecule has 0 aliphatic carbocycles. The molecule has 0 bridgehead atoms. The fraction of sp³-hybridized carbons (Fsp3) is 0.417. The van der Waals surface area contributed by atoms with Crippen molar-refractivity contribution in [2.45, 2.75) is 6.61 Å². The molecule has 0 saturated carbocycles. The van der Waals surface area contributed by atoms with Crippen molar-refractivity contribution in [3.05, 3.63) is 29.8 Å². The molecule has 2 rings (SSSR count). The second-order valence-electron chi connectivity index (χ2n) is 3.78. The van der Waals surface area contributed by atoms with Crippen LogP contribution in [0.2, 0.25) is 0 Å². The van der Waals surface area contributed by atoms with Crippen LogP contribution in [0.25, 0.3) is 0 Å². The summed E-state index contributed by atoms with van der Waals surface area (Å²) in [7, 11) is 0. The molecule has 1 aromatic carbocycles. The number of alkyl halides is 2. The van der Waals surface area contributed by atoms with Gasteiger partial charge in [-0.3, -0.25) is 4.79 Å². The molecule has 0 aromatic heterocycles. The Morgan fingerprint density at radius 3 is 2.61 bits per heavy atom. The van der Waals surface area contributed by atoms with Crippen LogP contribution in [0.15, 0.2) is 24.3 Å². The van der Waals surface area contributed by atoms with E-state index in [2.05, 4.69) is 4.74 Å². The number of carbonyl (C=O) groups is 1. The second kappa shape index (κ2) is 5.77. The minimum Gasteiger partial charge on any atom is -0.434 e. The highest BCUT2D eigenvalue weighted by atomic mass is 19.3. The first-order valence-electron chi connectivity index (χ1n) is 5.59. The molecule has 1 aliphatic heterocycles. The Kier molecular flexibility index (Phi) is 4.09. The first-order chi connectivity index (χ1) is 8.68. The molecule has 1 saturated heterocycles. The summed E-state index contributed by atoms with van der Waals surface area (Å²) in [4.78, 5) is 13.7. The van der Waals surface area contributed by atoms with Gasteiger partial charge in [0.05, 0.1) is 18.8 Å². The number of rotatable bonds is 3. The molecule has 1 aliphatic rings. The van der Waals surface area contributed by atoms with Gasteiger partial charge in [-0.15, -0.1) is 0 Å². The lowest BCUT2D eigenvalue weighted by atomic mass is 10.1. The Balaban J connectivity index is 2.18. The van der Waals surface area contributed by atoms with Crippen LogP contribution in [0, 0.1) is 0 Å². The fourth-order valence-electron chi connectivity index (χ4n) is 1.78. The number of morpholine rings is 1. The van der Waals surface area contributed by atoms with Crippen molar-refractivity contribution >= 4 is 5.91 Å². The Hall–Kier alpha value is -1.69. The Labute approximate surface area is 103 Å². The van der Waals surface area contributed by atoms with Crippen LogP contribution in [-0.4, -0.2) is 43.7 Å². The number of carbonyl (C=O) groups excluding carboxylic acids is 1. The number of para-hydroxylation sites is 1. The predicted molar refractivity (Wildman–Crippen MR) is 59.8 cm³/mol. The zero-order chi connectivity index (χ0) is 13.0. The highest BCUT2D eigenvalue weighted by molar-refractivity contribution is 5.97. The zero-order valence-corrected chi connectivity index (χ0v) is 9.64. The maximum atomic E-state index is 12.2. The van der Waals surface area contributed by atoms with Gasteiger partial charge in [-0.2, -0.15) is 8.78 Å². The van der Waals surface area contributed by atoms with Gasteiger partial charge in [0, 0.05) is 13.1 Å². The molecule has 4 nitrogen and oxygen atoms in total. The van der Waals surface area contributed by atoms with Gasteiger partial charge in [-0.05, 0) is 12.1 Å². The molecular weight excluding hydrogens is 244 g/mol. The summed E-state index contributed by atoms with van der Waals surface area (Å²) in [6.07, 6.45) is 0. The normalized spacial score (nSPS) is 15.8. The third-order valence-electron chi connectivity index (χ3n) is 2.63. The quantitative estimate of drug-likeness (QED) is 0.828. The first-order valence-corrected chi connectivity index (χ1v) is 5.59. The molecule has 1 heterocycles. The van der Waals surface area contributed by atoms with Gasteiger partial charge in [-0.25, -0.2) is 0 Å². The lowest BCUT2D eigenvalue weighted by Crippen LogP contribution is -2.40. The minimum absolute atomic E-state index is 0.0935. The number of hydrogen-bond donors (Lipinski definition) is 0. The lowest BCUT2D eigenvalue weighted by Gasteiger charge is -2.27. The van der Waals surface area contributed by atoms with E-state index in [1.807, 2.05) is 0 Å². The van der Waals surface area contributed by atoms with Crippen molar-refractivity contribution in [2.24, 2.45) is 0 Å². The van der Waals surface area contributed by atoms with E-state index in [0.717, 1.165) is 0 Å². The molecule has 98 valence electrons. The molecule has 0 atom stereocenters. The summed E-state index contributed by atoms with van der Waals surface area (Å²) in [5.41, 5.74) is 0.153. The predicted octanol–water partition coefficient (Wildman–Crippen LogP) is 1.76. The number of amides is 1.